The highest BCUT2D eigenvalue weighted by Crippen LogP contribution is 2.28. The Balaban J connectivity index is 1.91. The van der Waals surface area contributed by atoms with Gasteiger partial charge in [-0.1, -0.05) is 31.2 Å². The Morgan fingerprint density at radius 2 is 2.00 bits per heavy atom. The van der Waals surface area contributed by atoms with E-state index in [-0.39, 0.29) is 6.04 Å². The van der Waals surface area contributed by atoms with Crippen molar-refractivity contribution in [3.05, 3.63) is 35.4 Å². The summed E-state index contributed by atoms with van der Waals surface area (Å²) in [6.45, 7) is 3.65. The standard InChI is InChI=1S/C14H22N2O/c1-2-7-17-10-14(16-15)13-8-11-5-3-4-6-12(11)9-13/h3-6,13-14,16H,2,7-10,15H2,1H3. The Kier molecular flexibility index (Phi) is 4.54. The first-order valence-electron chi connectivity index (χ1n) is 6.45. The molecular formula is C14H22N2O. The summed E-state index contributed by atoms with van der Waals surface area (Å²) in [5.74, 6) is 6.20. The molecule has 0 heterocycles. The van der Waals surface area contributed by atoms with E-state index in [4.69, 9.17) is 10.6 Å². The average Bonchev–Trinajstić information content (AvgIpc) is 2.78. The molecule has 3 heteroatoms. The lowest BCUT2D eigenvalue weighted by molar-refractivity contribution is 0.0946. The molecule has 1 aromatic rings. The van der Waals surface area contributed by atoms with Gasteiger partial charge in [-0.25, -0.2) is 0 Å². The zero-order valence-electron chi connectivity index (χ0n) is 10.5. The van der Waals surface area contributed by atoms with Crippen LogP contribution in [0.5, 0.6) is 0 Å². The highest BCUT2D eigenvalue weighted by Gasteiger charge is 2.27. The lowest BCUT2D eigenvalue weighted by atomic mass is 9.98. The topological polar surface area (TPSA) is 47.3 Å². The van der Waals surface area contributed by atoms with E-state index in [2.05, 4.69) is 36.6 Å². The van der Waals surface area contributed by atoms with E-state index < -0.39 is 0 Å². The van der Waals surface area contributed by atoms with Crippen LogP contribution in [0, 0.1) is 5.92 Å². The third kappa shape index (κ3) is 3.06. The fraction of sp³-hybridized carbons (Fsp3) is 0.571. The number of nitrogens with two attached hydrogens (primary N) is 1. The number of rotatable bonds is 6. The van der Waals surface area contributed by atoms with Gasteiger partial charge in [-0.2, -0.15) is 0 Å². The maximum absolute atomic E-state index is 5.64. The monoisotopic (exact) mass is 234 g/mol. The number of hydrazine groups is 1. The van der Waals surface area contributed by atoms with Gasteiger partial charge in [0.05, 0.1) is 6.61 Å². The number of benzene rings is 1. The zero-order valence-corrected chi connectivity index (χ0v) is 10.5. The van der Waals surface area contributed by atoms with E-state index in [1.807, 2.05) is 0 Å². The minimum atomic E-state index is 0.258. The van der Waals surface area contributed by atoms with Gasteiger partial charge in [0.15, 0.2) is 0 Å². The van der Waals surface area contributed by atoms with Crippen molar-refractivity contribution in [1.82, 2.24) is 5.43 Å². The number of fused-ring (bicyclic) bond motifs is 1. The van der Waals surface area contributed by atoms with E-state index in [1.54, 1.807) is 0 Å². The molecule has 17 heavy (non-hydrogen) atoms. The molecule has 1 aliphatic carbocycles. The summed E-state index contributed by atoms with van der Waals surface area (Å²) in [5, 5.41) is 0. The van der Waals surface area contributed by atoms with Crippen LogP contribution >= 0.6 is 0 Å². The molecule has 1 unspecified atom stereocenters. The lowest BCUT2D eigenvalue weighted by Crippen LogP contribution is -2.44. The summed E-state index contributed by atoms with van der Waals surface area (Å²) in [6.07, 6.45) is 3.28. The lowest BCUT2D eigenvalue weighted by Gasteiger charge is -2.22. The first-order chi connectivity index (χ1) is 8.35. The third-order valence-corrected chi connectivity index (χ3v) is 3.51. The van der Waals surface area contributed by atoms with Crippen molar-refractivity contribution in [3.63, 3.8) is 0 Å². The summed E-state index contributed by atoms with van der Waals surface area (Å²) >= 11 is 0. The van der Waals surface area contributed by atoms with Crippen molar-refractivity contribution in [3.8, 4) is 0 Å². The molecule has 0 spiro atoms. The van der Waals surface area contributed by atoms with Gasteiger partial charge in [0.1, 0.15) is 0 Å². The molecule has 0 bridgehead atoms. The SMILES string of the molecule is CCCOCC(NN)C1Cc2ccccc2C1. The highest BCUT2D eigenvalue weighted by atomic mass is 16.5. The second kappa shape index (κ2) is 6.15. The van der Waals surface area contributed by atoms with Gasteiger partial charge in [-0.15, -0.1) is 0 Å². The molecule has 3 N–H and O–H groups in total. The van der Waals surface area contributed by atoms with Gasteiger partial charge in [-0.3, -0.25) is 11.3 Å². The largest absolute Gasteiger partial charge is 0.380 e. The van der Waals surface area contributed by atoms with Crippen LogP contribution in [0.2, 0.25) is 0 Å². The molecule has 2 rings (SSSR count). The minimum Gasteiger partial charge on any atom is -0.380 e. The van der Waals surface area contributed by atoms with Crippen molar-refractivity contribution in [2.75, 3.05) is 13.2 Å². The van der Waals surface area contributed by atoms with E-state index in [0.29, 0.717) is 12.5 Å². The summed E-state index contributed by atoms with van der Waals surface area (Å²) in [6, 6.07) is 8.92. The Labute approximate surface area is 103 Å². The summed E-state index contributed by atoms with van der Waals surface area (Å²) in [5.41, 5.74) is 5.84. The zero-order chi connectivity index (χ0) is 12.1. The normalized spacial score (nSPS) is 17.1. The van der Waals surface area contributed by atoms with Gasteiger partial charge < -0.3 is 4.74 Å². The van der Waals surface area contributed by atoms with Crippen molar-refractivity contribution in [2.24, 2.45) is 11.8 Å². The molecular weight excluding hydrogens is 212 g/mol. The maximum Gasteiger partial charge on any atom is 0.0636 e. The molecule has 0 saturated carbocycles. The molecule has 0 fully saturated rings. The van der Waals surface area contributed by atoms with E-state index in [1.165, 1.54) is 11.1 Å². The van der Waals surface area contributed by atoms with Crippen molar-refractivity contribution in [1.29, 1.82) is 0 Å². The van der Waals surface area contributed by atoms with Gasteiger partial charge in [0, 0.05) is 12.6 Å². The summed E-state index contributed by atoms with van der Waals surface area (Å²) < 4.78 is 5.60. The molecule has 1 atom stereocenters. The maximum atomic E-state index is 5.64. The van der Waals surface area contributed by atoms with Gasteiger partial charge >= 0.3 is 0 Å². The van der Waals surface area contributed by atoms with Crippen LogP contribution in [0.25, 0.3) is 0 Å². The molecule has 3 nitrogen and oxygen atoms in total. The molecule has 94 valence electrons. The van der Waals surface area contributed by atoms with Gasteiger partial charge in [-0.05, 0) is 36.3 Å². The second-order valence-electron chi connectivity index (χ2n) is 4.79. The predicted octanol–water partition coefficient (Wildman–Crippen LogP) is 1.66. The predicted molar refractivity (Wildman–Crippen MR) is 69.6 cm³/mol. The minimum absolute atomic E-state index is 0.258. The van der Waals surface area contributed by atoms with Crippen LogP contribution in [-0.4, -0.2) is 19.3 Å². The molecule has 1 aromatic carbocycles. The third-order valence-electron chi connectivity index (χ3n) is 3.51. The molecule has 0 saturated heterocycles. The molecule has 0 amide bonds. The van der Waals surface area contributed by atoms with Crippen LogP contribution in [0.1, 0.15) is 24.5 Å². The number of hydrogen-bond donors (Lipinski definition) is 2. The fourth-order valence-electron chi connectivity index (χ4n) is 2.55. The Morgan fingerprint density at radius 1 is 1.35 bits per heavy atom. The second-order valence-corrected chi connectivity index (χ2v) is 4.79. The number of hydrogen-bond acceptors (Lipinski definition) is 3. The van der Waals surface area contributed by atoms with Crippen LogP contribution in [0.3, 0.4) is 0 Å². The van der Waals surface area contributed by atoms with Crippen molar-refractivity contribution < 1.29 is 4.74 Å². The summed E-state index contributed by atoms with van der Waals surface area (Å²) in [4.78, 5) is 0. The average molecular weight is 234 g/mol. The summed E-state index contributed by atoms with van der Waals surface area (Å²) in [7, 11) is 0. The fourth-order valence-corrected chi connectivity index (χ4v) is 2.55. The van der Waals surface area contributed by atoms with E-state index in [9.17, 15) is 0 Å². The molecule has 0 aromatic heterocycles. The van der Waals surface area contributed by atoms with Crippen LogP contribution < -0.4 is 11.3 Å². The number of nitrogens with one attached hydrogen (secondary N) is 1. The Morgan fingerprint density at radius 3 is 2.53 bits per heavy atom. The molecule has 0 aliphatic heterocycles. The number of ether oxygens (including phenoxy) is 1. The highest BCUT2D eigenvalue weighted by molar-refractivity contribution is 5.32. The molecule has 1 aliphatic rings. The van der Waals surface area contributed by atoms with E-state index in [0.717, 1.165) is 25.9 Å². The quantitative estimate of drug-likeness (QED) is 0.447. The Hall–Kier alpha value is -0.900. The Bertz CT molecular complexity index is 329. The van der Waals surface area contributed by atoms with E-state index >= 15 is 0 Å². The smallest absolute Gasteiger partial charge is 0.0636 e. The van der Waals surface area contributed by atoms with Gasteiger partial charge in [0.2, 0.25) is 0 Å². The van der Waals surface area contributed by atoms with Crippen LogP contribution in [0.4, 0.5) is 0 Å². The molecule has 0 radical (unpaired) electrons. The van der Waals surface area contributed by atoms with Crippen molar-refractivity contribution in [2.45, 2.75) is 32.2 Å². The van der Waals surface area contributed by atoms with Gasteiger partial charge in [0.25, 0.3) is 0 Å². The van der Waals surface area contributed by atoms with Crippen molar-refractivity contribution >= 4 is 0 Å². The first-order valence-corrected chi connectivity index (χ1v) is 6.45. The van der Waals surface area contributed by atoms with Crippen LogP contribution in [-0.2, 0) is 17.6 Å². The van der Waals surface area contributed by atoms with Crippen LogP contribution in [0.15, 0.2) is 24.3 Å². The first kappa shape index (κ1) is 12.6.